The van der Waals surface area contributed by atoms with Gasteiger partial charge in [0, 0.05) is 10.5 Å². The lowest BCUT2D eigenvalue weighted by atomic mass is 10.1. The van der Waals surface area contributed by atoms with Gasteiger partial charge in [0.25, 0.3) is 0 Å². The number of alkyl halides is 3. The van der Waals surface area contributed by atoms with Crippen molar-refractivity contribution in [2.45, 2.75) is 19.1 Å². The summed E-state index contributed by atoms with van der Waals surface area (Å²) in [5.74, 6) is -0.419. The standard InChI is InChI=1S/C15H12BrF4N/c1-9(21-14-8-12(16)6-7-13(14)17)10-2-4-11(5-3-10)15(18,19)20/h2-9,21H,1H3. The third kappa shape index (κ3) is 3.97. The van der Waals surface area contributed by atoms with E-state index in [1.54, 1.807) is 19.1 Å². The molecule has 1 unspecified atom stereocenters. The van der Waals surface area contributed by atoms with Gasteiger partial charge >= 0.3 is 6.18 Å². The molecule has 1 nitrogen and oxygen atoms in total. The Morgan fingerprint density at radius 3 is 2.24 bits per heavy atom. The summed E-state index contributed by atoms with van der Waals surface area (Å²) in [7, 11) is 0. The van der Waals surface area contributed by atoms with Crippen LogP contribution in [-0.2, 0) is 6.18 Å². The van der Waals surface area contributed by atoms with Gasteiger partial charge in [-0.2, -0.15) is 13.2 Å². The highest BCUT2D eigenvalue weighted by molar-refractivity contribution is 9.10. The Morgan fingerprint density at radius 1 is 1.05 bits per heavy atom. The zero-order chi connectivity index (χ0) is 15.6. The third-order valence-corrected chi connectivity index (χ3v) is 3.53. The van der Waals surface area contributed by atoms with E-state index in [0.717, 1.165) is 12.1 Å². The number of halogens is 5. The van der Waals surface area contributed by atoms with Crippen LogP contribution in [0.3, 0.4) is 0 Å². The number of hydrogen-bond acceptors (Lipinski definition) is 1. The van der Waals surface area contributed by atoms with Gasteiger partial charge in [-0.15, -0.1) is 0 Å². The minimum Gasteiger partial charge on any atom is -0.376 e. The normalized spacial score (nSPS) is 13.0. The van der Waals surface area contributed by atoms with Crippen LogP contribution >= 0.6 is 15.9 Å². The van der Waals surface area contributed by atoms with Crippen LogP contribution in [-0.4, -0.2) is 0 Å². The highest BCUT2D eigenvalue weighted by atomic mass is 79.9. The zero-order valence-electron chi connectivity index (χ0n) is 11.0. The van der Waals surface area contributed by atoms with Crippen LogP contribution in [0.1, 0.15) is 24.1 Å². The second-order valence-corrected chi connectivity index (χ2v) is 5.53. The Labute approximate surface area is 128 Å². The van der Waals surface area contributed by atoms with Gasteiger partial charge in [-0.3, -0.25) is 0 Å². The van der Waals surface area contributed by atoms with Crippen LogP contribution in [0.15, 0.2) is 46.9 Å². The van der Waals surface area contributed by atoms with Crippen molar-refractivity contribution in [3.8, 4) is 0 Å². The molecule has 0 aliphatic carbocycles. The molecule has 21 heavy (non-hydrogen) atoms. The molecule has 2 rings (SSSR count). The van der Waals surface area contributed by atoms with Crippen molar-refractivity contribution in [1.29, 1.82) is 0 Å². The molecular weight excluding hydrogens is 350 g/mol. The summed E-state index contributed by atoms with van der Waals surface area (Å²) in [4.78, 5) is 0. The van der Waals surface area contributed by atoms with Gasteiger partial charge in [0.1, 0.15) is 5.82 Å². The first-order chi connectivity index (χ1) is 9.77. The van der Waals surface area contributed by atoms with E-state index >= 15 is 0 Å². The van der Waals surface area contributed by atoms with E-state index in [9.17, 15) is 17.6 Å². The molecule has 2 aromatic carbocycles. The molecule has 0 aliphatic heterocycles. The number of benzene rings is 2. The molecule has 0 saturated heterocycles. The van der Waals surface area contributed by atoms with Crippen molar-refractivity contribution in [3.63, 3.8) is 0 Å². The molecule has 1 N–H and O–H groups in total. The fourth-order valence-electron chi connectivity index (χ4n) is 1.89. The van der Waals surface area contributed by atoms with Crippen molar-refractivity contribution < 1.29 is 17.6 Å². The van der Waals surface area contributed by atoms with Gasteiger partial charge in [0.2, 0.25) is 0 Å². The van der Waals surface area contributed by atoms with Crippen molar-refractivity contribution in [2.75, 3.05) is 5.32 Å². The van der Waals surface area contributed by atoms with Crippen molar-refractivity contribution >= 4 is 21.6 Å². The van der Waals surface area contributed by atoms with E-state index in [-0.39, 0.29) is 11.7 Å². The first-order valence-electron chi connectivity index (χ1n) is 6.16. The van der Waals surface area contributed by atoms with Crippen LogP contribution in [0.4, 0.5) is 23.2 Å². The molecule has 6 heteroatoms. The highest BCUT2D eigenvalue weighted by Gasteiger charge is 2.30. The SMILES string of the molecule is CC(Nc1cc(Br)ccc1F)c1ccc(C(F)(F)F)cc1. The summed E-state index contributed by atoms with van der Waals surface area (Å²) >= 11 is 3.24. The Bertz CT molecular complexity index is 623. The summed E-state index contributed by atoms with van der Waals surface area (Å²) < 4.78 is 51.8. The Hall–Kier alpha value is -1.56. The van der Waals surface area contributed by atoms with Crippen LogP contribution < -0.4 is 5.32 Å². The average Bonchev–Trinajstić information content (AvgIpc) is 2.42. The van der Waals surface area contributed by atoms with E-state index in [1.807, 2.05) is 0 Å². The molecule has 0 fully saturated rings. The van der Waals surface area contributed by atoms with E-state index in [2.05, 4.69) is 21.2 Å². The summed E-state index contributed by atoms with van der Waals surface area (Å²) in [5.41, 5.74) is 0.228. The Morgan fingerprint density at radius 2 is 1.67 bits per heavy atom. The molecular formula is C15H12BrF4N. The van der Waals surface area contributed by atoms with Crippen LogP contribution in [0.2, 0.25) is 0 Å². The largest absolute Gasteiger partial charge is 0.416 e. The maximum absolute atomic E-state index is 13.6. The monoisotopic (exact) mass is 361 g/mol. The van der Waals surface area contributed by atoms with Crippen LogP contribution in [0.5, 0.6) is 0 Å². The molecule has 0 spiro atoms. The molecule has 0 aromatic heterocycles. The topological polar surface area (TPSA) is 12.0 Å². The quantitative estimate of drug-likeness (QED) is 0.683. The Balaban J connectivity index is 2.17. The number of nitrogens with one attached hydrogen (secondary N) is 1. The maximum atomic E-state index is 13.6. The van der Waals surface area contributed by atoms with Crippen LogP contribution in [0.25, 0.3) is 0 Å². The Kier molecular flexibility index (Phi) is 4.56. The number of hydrogen-bond donors (Lipinski definition) is 1. The first kappa shape index (κ1) is 15.8. The van der Waals surface area contributed by atoms with E-state index in [1.165, 1.54) is 18.2 Å². The lowest BCUT2D eigenvalue weighted by molar-refractivity contribution is -0.137. The van der Waals surface area contributed by atoms with E-state index < -0.39 is 17.6 Å². The predicted molar refractivity (Wildman–Crippen MR) is 77.6 cm³/mol. The van der Waals surface area contributed by atoms with E-state index in [4.69, 9.17) is 0 Å². The molecule has 0 saturated carbocycles. The smallest absolute Gasteiger partial charge is 0.376 e. The molecule has 2 aromatic rings. The minimum absolute atomic E-state index is 0.289. The van der Waals surface area contributed by atoms with Crippen molar-refractivity contribution in [2.24, 2.45) is 0 Å². The average molecular weight is 362 g/mol. The molecule has 112 valence electrons. The fourth-order valence-corrected chi connectivity index (χ4v) is 2.25. The molecule has 0 heterocycles. The van der Waals surface area contributed by atoms with E-state index in [0.29, 0.717) is 10.0 Å². The van der Waals surface area contributed by atoms with Gasteiger partial charge in [-0.1, -0.05) is 28.1 Å². The lowest BCUT2D eigenvalue weighted by Crippen LogP contribution is -2.09. The summed E-state index contributed by atoms with van der Waals surface area (Å²) in [6.45, 7) is 1.75. The van der Waals surface area contributed by atoms with Crippen LogP contribution in [0, 0.1) is 5.82 Å². The first-order valence-corrected chi connectivity index (χ1v) is 6.95. The minimum atomic E-state index is -4.36. The second-order valence-electron chi connectivity index (χ2n) is 4.61. The molecule has 0 aliphatic rings. The van der Waals surface area contributed by atoms with Gasteiger partial charge in [0.15, 0.2) is 0 Å². The molecule has 0 radical (unpaired) electrons. The summed E-state index contributed by atoms with van der Waals surface area (Å²) in [5, 5.41) is 2.94. The number of rotatable bonds is 3. The van der Waals surface area contributed by atoms with Crippen molar-refractivity contribution in [3.05, 3.63) is 63.9 Å². The second kappa shape index (κ2) is 6.05. The molecule has 0 bridgehead atoms. The van der Waals surface area contributed by atoms with Gasteiger partial charge in [0.05, 0.1) is 11.3 Å². The molecule has 0 amide bonds. The zero-order valence-corrected chi connectivity index (χ0v) is 12.6. The van der Waals surface area contributed by atoms with Crippen molar-refractivity contribution in [1.82, 2.24) is 0 Å². The lowest BCUT2D eigenvalue weighted by Gasteiger charge is -2.17. The van der Waals surface area contributed by atoms with Gasteiger partial charge in [-0.05, 0) is 42.8 Å². The number of anilines is 1. The molecule has 1 atom stereocenters. The fraction of sp³-hybridized carbons (Fsp3) is 0.200. The summed E-state index contributed by atoms with van der Waals surface area (Å²) in [6, 6.07) is 8.95. The summed E-state index contributed by atoms with van der Waals surface area (Å²) in [6.07, 6.45) is -4.36. The van der Waals surface area contributed by atoms with Gasteiger partial charge in [-0.25, -0.2) is 4.39 Å². The maximum Gasteiger partial charge on any atom is 0.416 e. The highest BCUT2D eigenvalue weighted by Crippen LogP contribution is 2.31. The predicted octanol–water partition coefficient (Wildman–Crippen LogP) is 5.78. The third-order valence-electron chi connectivity index (χ3n) is 3.04. The van der Waals surface area contributed by atoms with Gasteiger partial charge < -0.3 is 5.32 Å².